The van der Waals surface area contributed by atoms with Gasteiger partial charge in [-0.25, -0.2) is 4.79 Å². The van der Waals surface area contributed by atoms with Crippen molar-refractivity contribution in [2.24, 2.45) is 22.2 Å². The number of carboxylic acids is 2. The number of nitrogens with two attached hydrogens (primary N) is 3. The van der Waals surface area contributed by atoms with Crippen LogP contribution in [0, 0.1) is 0 Å². The van der Waals surface area contributed by atoms with Crippen molar-refractivity contribution < 1.29 is 39.0 Å². The molecule has 0 fully saturated rings. The highest BCUT2D eigenvalue weighted by Gasteiger charge is 2.30. The summed E-state index contributed by atoms with van der Waals surface area (Å²) in [6.45, 7) is -0.334. The second-order valence-corrected chi connectivity index (χ2v) is 9.27. The van der Waals surface area contributed by atoms with Gasteiger partial charge in [0.05, 0.1) is 19.0 Å². The fraction of sp³-hybridized carbons (Fsp3) is 0.650. The van der Waals surface area contributed by atoms with Crippen LogP contribution in [0.1, 0.15) is 25.7 Å². The zero-order chi connectivity index (χ0) is 29.3. The number of thiol groups is 1. The predicted molar refractivity (Wildman–Crippen MR) is 143 cm³/mol. The fourth-order valence-electron chi connectivity index (χ4n) is 2.81. The van der Waals surface area contributed by atoms with E-state index in [0.29, 0.717) is 12.2 Å². The van der Waals surface area contributed by atoms with E-state index in [-0.39, 0.29) is 31.1 Å². The Bertz CT molecular complexity index is 872. The molecule has 0 aliphatic heterocycles. The largest absolute Gasteiger partial charge is 0.481 e. The van der Waals surface area contributed by atoms with Crippen molar-refractivity contribution in [1.29, 1.82) is 0 Å². The zero-order valence-corrected chi connectivity index (χ0v) is 22.6. The summed E-state index contributed by atoms with van der Waals surface area (Å²) in [5, 5.41) is 27.4. The summed E-state index contributed by atoms with van der Waals surface area (Å²) in [6, 6.07) is -5.07. The molecule has 0 aromatic carbocycles. The standard InChI is InChI=1S/C20H36N8O8S2/c1-38-6-4-11(17(33)28-13(9-37)19(35)36)27-18(34)12(7-15(30)31)26-14(29)8-25-16(32)10(21)3-2-5-24-20(22)23/h10-13,37H,2-9,21H2,1H3,(H,25,32)(H,26,29)(H,27,34)(H,28,33)(H,30,31)(H,35,36)(H4,22,23,24)/t10-,11-,12-,13-/m0/s1. The van der Waals surface area contributed by atoms with E-state index in [0.717, 1.165) is 0 Å². The molecule has 216 valence electrons. The average Bonchev–Trinajstić information content (AvgIpc) is 2.84. The summed E-state index contributed by atoms with van der Waals surface area (Å²) in [5.74, 6) is -5.96. The van der Waals surface area contributed by atoms with Crippen molar-refractivity contribution in [2.45, 2.75) is 49.9 Å². The monoisotopic (exact) mass is 580 g/mol. The first-order chi connectivity index (χ1) is 17.8. The minimum absolute atomic E-state index is 0.0991. The van der Waals surface area contributed by atoms with Gasteiger partial charge >= 0.3 is 11.9 Å². The van der Waals surface area contributed by atoms with Gasteiger partial charge in [-0.15, -0.1) is 0 Å². The zero-order valence-electron chi connectivity index (χ0n) is 20.8. The molecule has 16 nitrogen and oxygen atoms in total. The van der Waals surface area contributed by atoms with Crippen LogP contribution in [0.15, 0.2) is 4.99 Å². The maximum atomic E-state index is 12.8. The van der Waals surface area contributed by atoms with Crippen molar-refractivity contribution in [3.8, 4) is 0 Å². The first kappa shape index (κ1) is 34.8. The molecule has 38 heavy (non-hydrogen) atoms. The highest BCUT2D eigenvalue weighted by molar-refractivity contribution is 7.98. The lowest BCUT2D eigenvalue weighted by Crippen LogP contribution is -2.57. The number of rotatable bonds is 19. The van der Waals surface area contributed by atoms with Crippen LogP contribution < -0.4 is 38.5 Å². The molecule has 0 spiro atoms. The summed E-state index contributed by atoms with van der Waals surface area (Å²) in [5.41, 5.74) is 16.1. The maximum absolute atomic E-state index is 12.8. The predicted octanol–water partition coefficient (Wildman–Crippen LogP) is -3.82. The van der Waals surface area contributed by atoms with Gasteiger partial charge in [0.1, 0.15) is 18.1 Å². The first-order valence-corrected chi connectivity index (χ1v) is 13.4. The van der Waals surface area contributed by atoms with Gasteiger partial charge in [0.2, 0.25) is 23.6 Å². The minimum atomic E-state index is -1.59. The van der Waals surface area contributed by atoms with Crippen molar-refractivity contribution in [1.82, 2.24) is 21.3 Å². The summed E-state index contributed by atoms with van der Waals surface area (Å²) < 4.78 is 0. The van der Waals surface area contributed by atoms with E-state index in [1.165, 1.54) is 11.8 Å². The summed E-state index contributed by atoms with van der Waals surface area (Å²) >= 11 is 5.23. The van der Waals surface area contributed by atoms with Gasteiger partial charge in [0, 0.05) is 12.3 Å². The highest BCUT2D eigenvalue weighted by Crippen LogP contribution is 2.04. The van der Waals surface area contributed by atoms with Crippen molar-refractivity contribution in [3.63, 3.8) is 0 Å². The molecular weight excluding hydrogens is 544 g/mol. The van der Waals surface area contributed by atoms with E-state index in [1.54, 1.807) is 6.26 Å². The molecule has 4 atom stereocenters. The molecule has 12 N–H and O–H groups in total. The Kier molecular flexibility index (Phi) is 17.3. The van der Waals surface area contributed by atoms with Crippen LogP contribution in [0.25, 0.3) is 0 Å². The number of carboxylic acid groups (broad SMARTS) is 2. The molecule has 0 aromatic rings. The molecule has 18 heteroatoms. The van der Waals surface area contributed by atoms with Crippen LogP contribution in [0.4, 0.5) is 0 Å². The number of guanidine groups is 1. The van der Waals surface area contributed by atoms with Crippen molar-refractivity contribution in [3.05, 3.63) is 0 Å². The first-order valence-electron chi connectivity index (χ1n) is 11.4. The number of aliphatic imine (C=N–C) groups is 1. The second-order valence-electron chi connectivity index (χ2n) is 7.92. The maximum Gasteiger partial charge on any atom is 0.327 e. The van der Waals surface area contributed by atoms with E-state index in [2.05, 4.69) is 38.9 Å². The van der Waals surface area contributed by atoms with Crippen LogP contribution >= 0.6 is 24.4 Å². The lowest BCUT2D eigenvalue weighted by Gasteiger charge is -2.23. The Balaban J connectivity index is 5.14. The minimum Gasteiger partial charge on any atom is -0.481 e. The molecule has 4 amide bonds. The normalized spacial score (nSPS) is 13.7. The van der Waals surface area contributed by atoms with Gasteiger partial charge < -0.3 is 48.7 Å². The number of carbonyl (C=O) groups is 6. The van der Waals surface area contributed by atoms with Gasteiger partial charge in [-0.2, -0.15) is 24.4 Å². The van der Waals surface area contributed by atoms with E-state index >= 15 is 0 Å². The number of carbonyl (C=O) groups excluding carboxylic acids is 4. The third-order valence-corrected chi connectivity index (χ3v) is 5.81. The Morgan fingerprint density at radius 3 is 2.05 bits per heavy atom. The molecule has 0 aromatic heterocycles. The van der Waals surface area contributed by atoms with Gasteiger partial charge in [0.25, 0.3) is 0 Å². The van der Waals surface area contributed by atoms with E-state index in [9.17, 15) is 33.9 Å². The molecule has 0 rings (SSSR count). The van der Waals surface area contributed by atoms with E-state index in [1.807, 2.05) is 0 Å². The summed E-state index contributed by atoms with van der Waals surface area (Å²) in [7, 11) is 0. The number of thioether (sulfide) groups is 1. The van der Waals surface area contributed by atoms with Gasteiger partial charge in [-0.05, 0) is 31.3 Å². The van der Waals surface area contributed by atoms with E-state index in [4.69, 9.17) is 22.3 Å². The topological polar surface area (TPSA) is 281 Å². The average molecular weight is 581 g/mol. The third-order valence-electron chi connectivity index (χ3n) is 4.80. The molecule has 0 radical (unpaired) electrons. The molecule has 0 aliphatic rings. The Morgan fingerprint density at radius 2 is 1.53 bits per heavy atom. The molecule has 0 bridgehead atoms. The molecule has 0 heterocycles. The lowest BCUT2D eigenvalue weighted by atomic mass is 10.1. The Labute approximate surface area is 229 Å². The number of hydrogen-bond acceptors (Lipinski definition) is 10. The molecule has 0 saturated carbocycles. The number of amides is 4. The summed E-state index contributed by atoms with van der Waals surface area (Å²) in [6.07, 6.45) is 1.67. The Morgan fingerprint density at radius 1 is 0.921 bits per heavy atom. The van der Waals surface area contributed by atoms with Crippen LogP contribution in [0.3, 0.4) is 0 Å². The Hall–Kier alpha value is -3.25. The van der Waals surface area contributed by atoms with Crippen molar-refractivity contribution in [2.75, 3.05) is 30.9 Å². The SMILES string of the molecule is CSCC[C@H](NC(=O)[C@H](CC(=O)O)NC(=O)CNC(=O)[C@@H](N)CCCN=C(N)N)C(=O)N[C@@H](CS)C(=O)O. The van der Waals surface area contributed by atoms with E-state index < -0.39 is 72.7 Å². The molecule has 0 unspecified atom stereocenters. The van der Waals surface area contributed by atoms with Crippen LogP contribution in [0.5, 0.6) is 0 Å². The van der Waals surface area contributed by atoms with Crippen LogP contribution in [-0.4, -0.2) is 107 Å². The number of aliphatic carboxylic acids is 2. The second kappa shape index (κ2) is 18.9. The molecule has 0 aliphatic carbocycles. The quantitative estimate of drug-likeness (QED) is 0.0304. The number of nitrogens with one attached hydrogen (secondary N) is 4. The van der Waals surface area contributed by atoms with Crippen LogP contribution in [-0.2, 0) is 28.8 Å². The fourth-order valence-corrected chi connectivity index (χ4v) is 3.53. The van der Waals surface area contributed by atoms with Gasteiger partial charge in [-0.3, -0.25) is 29.0 Å². The lowest BCUT2D eigenvalue weighted by molar-refractivity contribution is -0.142. The molecular formula is C20H36N8O8S2. The van der Waals surface area contributed by atoms with Crippen molar-refractivity contribution >= 4 is 65.9 Å². The third kappa shape index (κ3) is 15.1. The smallest absolute Gasteiger partial charge is 0.327 e. The molecule has 0 saturated heterocycles. The number of hydrogen-bond donors (Lipinski definition) is 10. The van der Waals surface area contributed by atoms with Gasteiger partial charge in [-0.1, -0.05) is 0 Å². The highest BCUT2D eigenvalue weighted by atomic mass is 32.2. The summed E-state index contributed by atoms with van der Waals surface area (Å²) in [4.78, 5) is 76.0. The number of nitrogens with zero attached hydrogens (tertiary/aromatic N) is 1. The van der Waals surface area contributed by atoms with Gasteiger partial charge in [0.15, 0.2) is 5.96 Å². The van der Waals surface area contributed by atoms with Crippen LogP contribution in [0.2, 0.25) is 0 Å².